The van der Waals surface area contributed by atoms with Crippen molar-refractivity contribution in [1.82, 2.24) is 19.9 Å². The van der Waals surface area contributed by atoms with Gasteiger partial charge in [-0.25, -0.2) is 9.97 Å². The van der Waals surface area contributed by atoms with Crippen LogP contribution in [0.5, 0.6) is 5.75 Å². The minimum absolute atomic E-state index is 0.574. The van der Waals surface area contributed by atoms with Gasteiger partial charge in [-0.05, 0) is 83.0 Å². The predicted octanol–water partition coefficient (Wildman–Crippen LogP) is 10.9. The van der Waals surface area contributed by atoms with E-state index in [2.05, 4.69) is 131 Å². The number of H-pyrrole nitrogens is 2. The van der Waals surface area contributed by atoms with Crippen molar-refractivity contribution in [2.24, 2.45) is 0 Å². The molecule has 3 aromatic heterocycles. The number of hydrogen-bond donors (Lipinski definition) is 3. The number of hydrogen-bond acceptors (Lipinski definition) is 4. The van der Waals surface area contributed by atoms with E-state index in [4.69, 9.17) is 20.4 Å². The summed E-state index contributed by atoms with van der Waals surface area (Å²) >= 11 is 0. The minimum atomic E-state index is 0.574. The van der Waals surface area contributed by atoms with Gasteiger partial charge in [-0.3, -0.25) is 0 Å². The molecule has 0 fully saturated rings. The van der Waals surface area contributed by atoms with Gasteiger partial charge >= 0.3 is 0 Å². The summed E-state index contributed by atoms with van der Waals surface area (Å²) in [5.41, 5.74) is 22.2. The number of benzene rings is 4. The quantitative estimate of drug-likeness (QED) is 0.160. The van der Waals surface area contributed by atoms with E-state index >= 15 is 0 Å². The number of fused-ring (bicyclic) bond motifs is 8. The molecule has 0 aliphatic carbocycles. The average molecular weight is 660 g/mol. The van der Waals surface area contributed by atoms with Gasteiger partial charge in [-0.15, -0.1) is 0 Å². The molecular weight excluding hydrogens is 627 g/mol. The highest BCUT2D eigenvalue weighted by Crippen LogP contribution is 2.39. The molecule has 2 aliphatic rings. The van der Waals surface area contributed by atoms with Crippen molar-refractivity contribution in [1.29, 1.82) is 0 Å². The monoisotopic (exact) mass is 659 g/mol. The Balaban J connectivity index is 1.48. The van der Waals surface area contributed by atoms with Crippen LogP contribution in [0.2, 0.25) is 0 Å². The topological polar surface area (TPSA) is 92.6 Å². The number of nitrogens with one attached hydrogen (secondary N) is 2. The van der Waals surface area contributed by atoms with Gasteiger partial charge in [0, 0.05) is 44.3 Å². The summed E-state index contributed by atoms with van der Waals surface area (Å²) in [6, 6.07) is 45.7. The van der Waals surface area contributed by atoms with E-state index in [1.807, 2.05) is 36.4 Å². The smallest absolute Gasteiger partial charge is 0.142 e. The van der Waals surface area contributed by atoms with Crippen molar-refractivity contribution in [3.63, 3.8) is 0 Å². The summed E-state index contributed by atoms with van der Waals surface area (Å²) in [4.78, 5) is 18.3. The minimum Gasteiger partial charge on any atom is -0.495 e. The van der Waals surface area contributed by atoms with E-state index in [1.165, 1.54) is 0 Å². The van der Waals surface area contributed by atoms with Crippen molar-refractivity contribution < 1.29 is 4.74 Å². The van der Waals surface area contributed by atoms with Gasteiger partial charge in [-0.1, -0.05) is 97.1 Å². The zero-order valence-corrected chi connectivity index (χ0v) is 27.9. The van der Waals surface area contributed by atoms with Crippen LogP contribution in [0, 0.1) is 0 Å². The highest BCUT2D eigenvalue weighted by atomic mass is 16.5. The largest absolute Gasteiger partial charge is 0.495 e. The van der Waals surface area contributed by atoms with Crippen LogP contribution in [0.4, 0.5) is 5.69 Å². The molecule has 0 radical (unpaired) electrons. The second-order valence-corrected chi connectivity index (χ2v) is 12.6. The van der Waals surface area contributed by atoms with E-state index in [0.717, 1.165) is 89.4 Å². The van der Waals surface area contributed by atoms with Gasteiger partial charge in [0.05, 0.1) is 35.6 Å². The second kappa shape index (κ2) is 12.5. The lowest BCUT2D eigenvalue weighted by molar-refractivity contribution is 0.417. The first-order valence-corrected chi connectivity index (χ1v) is 16.9. The first kappa shape index (κ1) is 30.2. The zero-order chi connectivity index (χ0) is 34.3. The van der Waals surface area contributed by atoms with Crippen LogP contribution >= 0.6 is 0 Å². The van der Waals surface area contributed by atoms with E-state index in [1.54, 1.807) is 7.11 Å². The van der Waals surface area contributed by atoms with Gasteiger partial charge in [0.15, 0.2) is 0 Å². The normalized spacial score (nSPS) is 11.9. The summed E-state index contributed by atoms with van der Waals surface area (Å²) in [7, 11) is 1.64. The average Bonchev–Trinajstić information content (AvgIpc) is 4.01. The molecule has 4 aromatic carbocycles. The number of anilines is 1. The fourth-order valence-electron chi connectivity index (χ4n) is 7.10. The highest BCUT2D eigenvalue weighted by Gasteiger charge is 2.19. The molecule has 2 aliphatic heterocycles. The lowest BCUT2D eigenvalue weighted by Gasteiger charge is -2.09. The van der Waals surface area contributed by atoms with Gasteiger partial charge in [-0.2, -0.15) is 0 Å². The van der Waals surface area contributed by atoms with Crippen LogP contribution < -0.4 is 10.5 Å². The molecule has 6 nitrogen and oxygen atoms in total. The molecule has 0 amide bonds. The number of nitrogen functional groups attached to an aromatic ring is 1. The third-order valence-corrected chi connectivity index (χ3v) is 9.46. The molecule has 0 atom stereocenters. The second-order valence-electron chi connectivity index (χ2n) is 12.6. The molecule has 244 valence electrons. The SMILES string of the molecule is COc1cc(-c2c3nc(c(-c4ccccc4)c4ccc([nH]4)c(-c4ccccc4)c4nc(c(-c5ccccc5)c5ccc2[nH]5)C=C4)C=C3)ccc1N. The van der Waals surface area contributed by atoms with Gasteiger partial charge in [0.25, 0.3) is 0 Å². The summed E-state index contributed by atoms with van der Waals surface area (Å²) in [5, 5.41) is 0. The Morgan fingerprint density at radius 2 is 0.784 bits per heavy atom. The lowest BCUT2D eigenvalue weighted by Crippen LogP contribution is -1.93. The van der Waals surface area contributed by atoms with Crippen molar-refractivity contribution >= 4 is 52.1 Å². The number of ether oxygens (including phenoxy) is 1. The Kier molecular flexibility index (Phi) is 7.40. The number of methoxy groups -OCH3 is 1. The fraction of sp³-hybridized carbons (Fsp3) is 0.0222. The third-order valence-electron chi connectivity index (χ3n) is 9.46. The first-order valence-electron chi connectivity index (χ1n) is 16.9. The number of rotatable bonds is 5. The Hall–Kier alpha value is -6.92. The Labute approximate surface area is 295 Å². The molecule has 0 saturated heterocycles. The van der Waals surface area contributed by atoms with Crippen molar-refractivity contribution in [2.75, 3.05) is 12.8 Å². The van der Waals surface area contributed by atoms with Crippen LogP contribution in [0.15, 0.2) is 133 Å². The van der Waals surface area contributed by atoms with Gasteiger partial charge in [0.1, 0.15) is 5.75 Å². The van der Waals surface area contributed by atoms with Crippen LogP contribution in [0.25, 0.3) is 90.9 Å². The third kappa shape index (κ3) is 5.40. The number of nitrogens with two attached hydrogens (primary N) is 1. The van der Waals surface area contributed by atoms with Crippen LogP contribution in [-0.4, -0.2) is 27.0 Å². The molecular formula is C45H33N5O. The highest BCUT2D eigenvalue weighted by molar-refractivity contribution is 6.00. The molecule has 0 unspecified atom stereocenters. The summed E-state index contributed by atoms with van der Waals surface area (Å²) in [6.45, 7) is 0. The first-order chi connectivity index (χ1) is 25.1. The Morgan fingerprint density at radius 1 is 0.431 bits per heavy atom. The van der Waals surface area contributed by atoms with Crippen molar-refractivity contribution in [3.8, 4) is 50.3 Å². The molecule has 5 heterocycles. The molecule has 51 heavy (non-hydrogen) atoms. The van der Waals surface area contributed by atoms with E-state index in [9.17, 15) is 0 Å². The maximum atomic E-state index is 6.29. The fourth-order valence-corrected chi connectivity index (χ4v) is 7.10. The summed E-state index contributed by atoms with van der Waals surface area (Å²) in [6.07, 6.45) is 8.42. The van der Waals surface area contributed by atoms with Gasteiger partial charge in [0.2, 0.25) is 0 Å². The molecule has 7 aromatic rings. The van der Waals surface area contributed by atoms with Crippen LogP contribution in [0.3, 0.4) is 0 Å². The molecule has 6 heteroatoms. The molecule has 8 bridgehead atoms. The number of nitrogens with zero attached hydrogens (tertiary/aromatic N) is 2. The molecule has 0 saturated carbocycles. The van der Waals surface area contributed by atoms with Crippen LogP contribution in [-0.2, 0) is 0 Å². The van der Waals surface area contributed by atoms with Crippen LogP contribution in [0.1, 0.15) is 22.8 Å². The standard InChI is InChI=1S/C45H33N5O/c1-51-41-27-31(17-18-32(41)46)45-39-25-23-37(49-39)43(29-13-7-3-8-14-29)35-21-19-33(47-35)42(28-11-5-2-6-12-28)34-20-22-36(48-34)44(30-15-9-4-10-16-30)38-24-26-40(45)50-38/h2-27,47,50H,46H2,1H3. The molecule has 9 rings (SSSR count). The van der Waals surface area contributed by atoms with Crippen molar-refractivity contribution in [2.45, 2.75) is 0 Å². The van der Waals surface area contributed by atoms with E-state index in [-0.39, 0.29) is 0 Å². The maximum Gasteiger partial charge on any atom is 0.142 e. The predicted molar refractivity (Wildman–Crippen MR) is 212 cm³/mol. The molecule has 0 spiro atoms. The number of aromatic nitrogens is 4. The van der Waals surface area contributed by atoms with E-state index < -0.39 is 0 Å². The van der Waals surface area contributed by atoms with Gasteiger partial charge < -0.3 is 20.4 Å². The molecule has 4 N–H and O–H groups in total. The zero-order valence-electron chi connectivity index (χ0n) is 27.9. The Morgan fingerprint density at radius 3 is 1.14 bits per heavy atom. The number of aromatic amines is 2. The summed E-state index contributed by atoms with van der Waals surface area (Å²) in [5.74, 6) is 0.608. The van der Waals surface area contributed by atoms with E-state index in [0.29, 0.717) is 11.4 Å². The lowest BCUT2D eigenvalue weighted by atomic mass is 10.0. The Bertz CT molecular complexity index is 2630. The maximum absolute atomic E-state index is 6.29. The summed E-state index contributed by atoms with van der Waals surface area (Å²) < 4.78 is 5.67. The van der Waals surface area contributed by atoms with Crippen molar-refractivity contribution in [3.05, 3.63) is 156 Å².